The minimum Gasteiger partial charge on any atom is -0.493 e. The third kappa shape index (κ3) is 5.17. The summed E-state index contributed by atoms with van der Waals surface area (Å²) in [6, 6.07) is 12.1. The van der Waals surface area contributed by atoms with Crippen LogP contribution < -0.4 is 29.1 Å². The molecule has 1 aromatic heterocycles. The summed E-state index contributed by atoms with van der Waals surface area (Å²) < 4.78 is 24.2. The van der Waals surface area contributed by atoms with Gasteiger partial charge in [-0.1, -0.05) is 35.6 Å². The van der Waals surface area contributed by atoms with E-state index < -0.39 is 12.0 Å². The highest BCUT2D eigenvalue weighted by Crippen LogP contribution is 2.36. The van der Waals surface area contributed by atoms with Crippen molar-refractivity contribution in [1.29, 1.82) is 0 Å². The minimum atomic E-state index is -0.752. The quantitative estimate of drug-likeness (QED) is 0.420. The number of thiazole rings is 1. The summed E-state index contributed by atoms with van der Waals surface area (Å²) in [5.74, 6) is 1.23. The first-order valence-electron chi connectivity index (χ1n) is 12.0. The molecule has 0 bridgehead atoms. The van der Waals surface area contributed by atoms with E-state index in [-0.39, 0.29) is 18.3 Å². The van der Waals surface area contributed by atoms with Crippen molar-refractivity contribution >= 4 is 23.4 Å². The van der Waals surface area contributed by atoms with E-state index in [0.29, 0.717) is 43.4 Å². The summed E-state index contributed by atoms with van der Waals surface area (Å²) in [6.45, 7) is 7.57. The van der Waals surface area contributed by atoms with Gasteiger partial charge in [0.05, 0.1) is 42.7 Å². The number of rotatable bonds is 8. The fraction of sp³-hybridized carbons (Fsp3) is 0.321. The van der Waals surface area contributed by atoms with Crippen LogP contribution in [0.25, 0.3) is 6.08 Å². The predicted octanol–water partition coefficient (Wildman–Crippen LogP) is 3.60. The van der Waals surface area contributed by atoms with Crippen LogP contribution in [0.5, 0.6) is 17.2 Å². The lowest BCUT2D eigenvalue weighted by Gasteiger charge is -2.26. The number of benzene rings is 2. The maximum atomic E-state index is 13.9. The van der Waals surface area contributed by atoms with Gasteiger partial charge < -0.3 is 18.9 Å². The van der Waals surface area contributed by atoms with E-state index in [0.717, 1.165) is 5.56 Å². The first-order chi connectivity index (χ1) is 17.8. The first kappa shape index (κ1) is 26.2. The van der Waals surface area contributed by atoms with Gasteiger partial charge >= 0.3 is 5.97 Å². The van der Waals surface area contributed by atoms with Crippen LogP contribution in [-0.4, -0.2) is 37.5 Å². The third-order valence-corrected chi connectivity index (χ3v) is 6.78. The summed E-state index contributed by atoms with van der Waals surface area (Å²) in [5, 5.41) is 0. The molecule has 1 aliphatic rings. The topological polar surface area (TPSA) is 88.4 Å². The molecular weight excluding hydrogens is 492 g/mol. The Bertz CT molecular complexity index is 1530. The number of hydrogen-bond acceptors (Lipinski definition) is 8. The normalized spacial score (nSPS) is 15.3. The van der Waals surface area contributed by atoms with Gasteiger partial charge in [0.25, 0.3) is 5.56 Å². The monoisotopic (exact) mass is 522 g/mol. The van der Waals surface area contributed by atoms with E-state index in [9.17, 15) is 9.59 Å². The molecule has 2 aromatic carbocycles. The number of fused-ring (bicyclic) bond motifs is 1. The number of hydrogen-bond donors (Lipinski definition) is 0. The van der Waals surface area contributed by atoms with Gasteiger partial charge in [-0.25, -0.2) is 9.79 Å². The Kier molecular flexibility index (Phi) is 7.83. The standard InChI is InChI=1S/C28H30N2O6S/c1-7-35-27(32)24-17(4)29-28-30(25(24)19-10-8-9-11-20(19)36-16(2)3)26(31)23(37-28)15-18-12-13-21(33-5)22(14-18)34-6/h8-16,25H,7H2,1-6H3/b23-15+/t25-/m1/s1. The largest absolute Gasteiger partial charge is 0.493 e. The van der Waals surface area contributed by atoms with Crippen molar-refractivity contribution < 1.29 is 23.7 Å². The Morgan fingerprint density at radius 2 is 1.84 bits per heavy atom. The Labute approximate surface area is 219 Å². The molecular formula is C28H30N2O6S. The van der Waals surface area contributed by atoms with Gasteiger partial charge in [0.15, 0.2) is 16.3 Å². The molecule has 37 heavy (non-hydrogen) atoms. The molecule has 0 amide bonds. The van der Waals surface area contributed by atoms with Gasteiger partial charge in [-0.15, -0.1) is 0 Å². The number of para-hydroxylation sites is 1. The molecule has 1 atom stereocenters. The molecule has 0 N–H and O–H groups in total. The molecule has 194 valence electrons. The lowest BCUT2D eigenvalue weighted by atomic mass is 9.95. The number of aromatic nitrogens is 1. The number of carbonyl (C=O) groups is 1. The Balaban J connectivity index is 1.96. The van der Waals surface area contributed by atoms with Crippen LogP contribution >= 0.6 is 11.3 Å². The Hall–Kier alpha value is -3.85. The second-order valence-corrected chi connectivity index (χ2v) is 9.63. The van der Waals surface area contributed by atoms with Crippen LogP contribution in [0.3, 0.4) is 0 Å². The predicted molar refractivity (Wildman–Crippen MR) is 142 cm³/mol. The average Bonchev–Trinajstić information content (AvgIpc) is 3.17. The van der Waals surface area contributed by atoms with Crippen LogP contribution in [0.1, 0.15) is 44.9 Å². The summed E-state index contributed by atoms with van der Waals surface area (Å²) in [7, 11) is 3.13. The summed E-state index contributed by atoms with van der Waals surface area (Å²) >= 11 is 1.26. The van der Waals surface area contributed by atoms with Gasteiger partial charge in [0, 0.05) is 5.56 Å². The number of carbonyl (C=O) groups excluding carboxylic acids is 1. The van der Waals surface area contributed by atoms with Crippen molar-refractivity contribution in [3.8, 4) is 17.2 Å². The molecule has 0 radical (unpaired) electrons. The minimum absolute atomic E-state index is 0.0989. The highest BCUT2D eigenvalue weighted by Gasteiger charge is 2.35. The zero-order valence-corrected chi connectivity index (χ0v) is 22.5. The molecule has 0 spiro atoms. The van der Waals surface area contributed by atoms with Crippen molar-refractivity contribution in [1.82, 2.24) is 4.57 Å². The van der Waals surface area contributed by atoms with Crippen LogP contribution in [0.4, 0.5) is 0 Å². The summed E-state index contributed by atoms with van der Waals surface area (Å²) in [6.07, 6.45) is 1.68. The number of ether oxygens (including phenoxy) is 4. The molecule has 4 rings (SSSR count). The molecule has 1 aliphatic heterocycles. The van der Waals surface area contributed by atoms with Gasteiger partial charge in [-0.2, -0.15) is 0 Å². The van der Waals surface area contributed by atoms with Crippen molar-refractivity contribution in [3.05, 3.63) is 84.5 Å². The first-order valence-corrected chi connectivity index (χ1v) is 12.8. The summed E-state index contributed by atoms with van der Waals surface area (Å²) in [5.41, 5.74) is 2.00. The van der Waals surface area contributed by atoms with E-state index in [2.05, 4.69) is 4.99 Å². The molecule has 3 aromatic rings. The van der Waals surface area contributed by atoms with Gasteiger partial charge in [-0.05, 0) is 57.5 Å². The zero-order valence-electron chi connectivity index (χ0n) is 21.7. The molecule has 0 aliphatic carbocycles. The second-order valence-electron chi connectivity index (χ2n) is 8.62. The van der Waals surface area contributed by atoms with Crippen LogP contribution in [-0.2, 0) is 9.53 Å². The lowest BCUT2D eigenvalue weighted by Crippen LogP contribution is -2.40. The van der Waals surface area contributed by atoms with Crippen molar-refractivity contribution in [3.63, 3.8) is 0 Å². The fourth-order valence-corrected chi connectivity index (χ4v) is 5.29. The Morgan fingerprint density at radius 3 is 2.51 bits per heavy atom. The van der Waals surface area contributed by atoms with Gasteiger partial charge in [0.1, 0.15) is 11.8 Å². The SMILES string of the molecule is CCOC(=O)C1=C(C)N=c2s/c(=C/c3ccc(OC)c(OC)c3)c(=O)n2[C@@H]1c1ccccc1OC(C)C. The van der Waals surface area contributed by atoms with E-state index in [1.807, 2.05) is 44.2 Å². The zero-order chi connectivity index (χ0) is 26.7. The van der Waals surface area contributed by atoms with Crippen molar-refractivity contribution in [2.45, 2.75) is 39.8 Å². The van der Waals surface area contributed by atoms with Crippen LogP contribution in [0.2, 0.25) is 0 Å². The molecule has 0 saturated carbocycles. The highest BCUT2D eigenvalue weighted by molar-refractivity contribution is 7.07. The number of allylic oxidation sites excluding steroid dienone is 1. The molecule has 8 nitrogen and oxygen atoms in total. The molecule has 0 unspecified atom stereocenters. The van der Waals surface area contributed by atoms with E-state index >= 15 is 0 Å². The molecule has 0 fully saturated rings. The van der Waals surface area contributed by atoms with E-state index in [1.165, 1.54) is 11.3 Å². The highest BCUT2D eigenvalue weighted by atomic mass is 32.1. The maximum Gasteiger partial charge on any atom is 0.338 e. The van der Waals surface area contributed by atoms with Crippen LogP contribution in [0.15, 0.2) is 63.5 Å². The molecule has 0 saturated heterocycles. The molecule has 9 heteroatoms. The van der Waals surface area contributed by atoms with Crippen molar-refractivity contribution in [2.75, 3.05) is 20.8 Å². The number of nitrogens with zero attached hydrogens (tertiary/aromatic N) is 2. The van der Waals surface area contributed by atoms with E-state index in [4.69, 9.17) is 18.9 Å². The summed E-state index contributed by atoms with van der Waals surface area (Å²) in [4.78, 5) is 32.1. The maximum absolute atomic E-state index is 13.9. The fourth-order valence-electron chi connectivity index (χ4n) is 4.25. The number of esters is 1. The van der Waals surface area contributed by atoms with Crippen LogP contribution in [0, 0.1) is 0 Å². The van der Waals surface area contributed by atoms with Gasteiger partial charge in [0.2, 0.25) is 0 Å². The number of methoxy groups -OCH3 is 2. The van der Waals surface area contributed by atoms with E-state index in [1.54, 1.807) is 50.8 Å². The molecule has 2 heterocycles. The smallest absolute Gasteiger partial charge is 0.338 e. The Morgan fingerprint density at radius 1 is 1.11 bits per heavy atom. The van der Waals surface area contributed by atoms with Crippen molar-refractivity contribution in [2.24, 2.45) is 4.99 Å². The third-order valence-electron chi connectivity index (χ3n) is 5.80. The van der Waals surface area contributed by atoms with Gasteiger partial charge in [-0.3, -0.25) is 9.36 Å². The lowest BCUT2D eigenvalue weighted by molar-refractivity contribution is -0.139. The second kappa shape index (κ2) is 11.0. The average molecular weight is 523 g/mol.